The van der Waals surface area contributed by atoms with E-state index in [1.54, 1.807) is 13.1 Å². The number of pyridine rings is 1. The van der Waals surface area contributed by atoms with Crippen LogP contribution >= 0.6 is 0 Å². The number of nitrogens with zero attached hydrogens (tertiary/aromatic N) is 1. The van der Waals surface area contributed by atoms with Crippen molar-refractivity contribution in [3.8, 4) is 0 Å². The van der Waals surface area contributed by atoms with Gasteiger partial charge in [0.1, 0.15) is 5.56 Å². The number of para-hydroxylation sites is 1. The van der Waals surface area contributed by atoms with E-state index in [9.17, 15) is 9.59 Å². The molecule has 27 heavy (non-hydrogen) atoms. The first-order valence-electron chi connectivity index (χ1n) is 10.3. The van der Waals surface area contributed by atoms with Crippen molar-refractivity contribution in [2.24, 2.45) is 5.92 Å². The molecular weight excluding hydrogens is 340 g/mol. The molecule has 2 saturated carbocycles. The molecule has 1 spiro atoms. The first-order chi connectivity index (χ1) is 13.1. The minimum absolute atomic E-state index is 0.120. The molecule has 1 aliphatic heterocycles. The molecule has 3 aliphatic rings. The van der Waals surface area contributed by atoms with Crippen LogP contribution in [0, 0.1) is 5.92 Å². The number of ether oxygens (including phenoxy) is 1. The third kappa shape index (κ3) is 2.36. The highest BCUT2D eigenvalue weighted by atomic mass is 16.5. The van der Waals surface area contributed by atoms with Crippen molar-refractivity contribution in [3.05, 3.63) is 40.2 Å². The van der Waals surface area contributed by atoms with E-state index in [1.807, 2.05) is 12.1 Å². The monoisotopic (exact) mass is 366 g/mol. The maximum Gasteiger partial charge on any atom is 0.343 e. The minimum atomic E-state index is -0.513. The normalized spacial score (nSPS) is 25.2. The number of nitrogens with one attached hydrogen (secondary N) is 1. The maximum atomic E-state index is 13.1. The summed E-state index contributed by atoms with van der Waals surface area (Å²) in [6.07, 6.45) is 10.2. The van der Waals surface area contributed by atoms with Gasteiger partial charge in [-0.1, -0.05) is 25.3 Å². The number of carbonyl (C=O) groups excluding carboxylic acids is 1. The van der Waals surface area contributed by atoms with E-state index >= 15 is 0 Å². The number of benzene rings is 1. The first kappa shape index (κ1) is 16.8. The third-order valence-electron chi connectivity index (χ3n) is 6.97. The van der Waals surface area contributed by atoms with E-state index in [1.165, 1.54) is 38.5 Å². The van der Waals surface area contributed by atoms with Gasteiger partial charge in [0.15, 0.2) is 0 Å². The van der Waals surface area contributed by atoms with Gasteiger partial charge in [0.25, 0.3) is 0 Å². The van der Waals surface area contributed by atoms with Crippen LogP contribution in [0.4, 0.5) is 5.69 Å². The van der Waals surface area contributed by atoms with Gasteiger partial charge < -0.3 is 14.6 Å². The van der Waals surface area contributed by atoms with Crippen LogP contribution in [-0.4, -0.2) is 22.7 Å². The molecule has 2 atom stereocenters. The second-order valence-electron chi connectivity index (χ2n) is 8.29. The molecule has 5 rings (SSSR count). The summed E-state index contributed by atoms with van der Waals surface area (Å²) in [6.45, 7) is 2.04. The average Bonchev–Trinajstić information content (AvgIpc) is 3.31. The Kier molecular flexibility index (Phi) is 3.81. The summed E-state index contributed by atoms with van der Waals surface area (Å²) in [7, 11) is 0. The molecular formula is C22H26N2O3. The lowest BCUT2D eigenvalue weighted by atomic mass is 9.79. The molecule has 2 aromatic rings. The Morgan fingerprint density at radius 1 is 1.26 bits per heavy atom. The predicted octanol–water partition coefficient (Wildman–Crippen LogP) is 4.26. The smallest absolute Gasteiger partial charge is 0.343 e. The topological polar surface area (TPSA) is 60.3 Å². The molecule has 5 nitrogen and oxygen atoms in total. The molecule has 2 fully saturated rings. The molecule has 1 aromatic heterocycles. The highest BCUT2D eigenvalue weighted by Crippen LogP contribution is 2.53. The first-order valence-corrected chi connectivity index (χ1v) is 10.3. The fraction of sp³-hybridized carbons (Fsp3) is 0.545. The van der Waals surface area contributed by atoms with Gasteiger partial charge in [-0.25, -0.2) is 4.79 Å². The summed E-state index contributed by atoms with van der Waals surface area (Å²) in [5, 5.41) is 4.51. The van der Waals surface area contributed by atoms with Gasteiger partial charge >= 0.3 is 5.97 Å². The number of aromatic nitrogens is 1. The van der Waals surface area contributed by atoms with Crippen LogP contribution < -0.4 is 10.7 Å². The van der Waals surface area contributed by atoms with E-state index in [0.717, 1.165) is 17.6 Å². The van der Waals surface area contributed by atoms with Gasteiger partial charge in [0.2, 0.25) is 5.43 Å². The summed E-state index contributed by atoms with van der Waals surface area (Å²) < 4.78 is 7.41. The molecule has 1 N–H and O–H groups in total. The van der Waals surface area contributed by atoms with Crippen molar-refractivity contribution in [2.75, 3.05) is 11.9 Å². The molecule has 2 heterocycles. The van der Waals surface area contributed by atoms with Gasteiger partial charge in [0.05, 0.1) is 17.8 Å². The van der Waals surface area contributed by atoms with Crippen molar-refractivity contribution in [1.29, 1.82) is 0 Å². The predicted molar refractivity (Wildman–Crippen MR) is 105 cm³/mol. The minimum Gasteiger partial charge on any atom is -0.462 e. The van der Waals surface area contributed by atoms with E-state index < -0.39 is 5.97 Å². The standard InChI is InChI=1S/C22H26N2O3/c1-2-27-21(26)15-13-24-18-10-6-8-16(18)22(11-3-4-12-22)23-17-9-5-7-14(19(17)24)20(15)25/h5,7,9,13,16,18,23H,2-4,6,8,10-12H2,1H3. The Bertz CT molecular complexity index is 971. The Hall–Kier alpha value is -2.30. The third-order valence-corrected chi connectivity index (χ3v) is 6.97. The Morgan fingerprint density at radius 3 is 2.85 bits per heavy atom. The number of esters is 1. The van der Waals surface area contributed by atoms with Gasteiger partial charge in [-0.05, 0) is 44.7 Å². The molecule has 2 aliphatic carbocycles. The second kappa shape index (κ2) is 6.11. The fourth-order valence-electron chi connectivity index (χ4n) is 5.91. The van der Waals surface area contributed by atoms with Crippen LogP contribution in [0.15, 0.2) is 29.2 Å². The van der Waals surface area contributed by atoms with E-state index in [0.29, 0.717) is 17.3 Å². The Labute approximate surface area is 158 Å². The van der Waals surface area contributed by atoms with Crippen molar-refractivity contribution in [3.63, 3.8) is 0 Å². The van der Waals surface area contributed by atoms with Gasteiger partial charge in [-0.15, -0.1) is 0 Å². The molecule has 0 saturated heterocycles. The van der Waals surface area contributed by atoms with Crippen LogP contribution in [0.1, 0.15) is 68.3 Å². The number of hydrogen-bond donors (Lipinski definition) is 1. The van der Waals surface area contributed by atoms with Gasteiger partial charge in [-0.3, -0.25) is 4.79 Å². The number of rotatable bonds is 2. The van der Waals surface area contributed by atoms with Crippen molar-refractivity contribution in [2.45, 2.75) is 63.5 Å². The number of carbonyl (C=O) groups is 1. The fourth-order valence-corrected chi connectivity index (χ4v) is 5.91. The zero-order valence-electron chi connectivity index (χ0n) is 15.8. The number of anilines is 1. The number of fused-ring (bicyclic) bond motifs is 3. The molecule has 142 valence electrons. The summed E-state index contributed by atoms with van der Waals surface area (Å²) in [5.74, 6) is 0.0223. The van der Waals surface area contributed by atoms with Gasteiger partial charge in [-0.2, -0.15) is 0 Å². The summed E-state index contributed by atoms with van der Waals surface area (Å²) >= 11 is 0. The van der Waals surface area contributed by atoms with Crippen molar-refractivity contribution < 1.29 is 9.53 Å². The summed E-state index contributed by atoms with van der Waals surface area (Å²) in [6, 6.07) is 6.19. The lowest BCUT2D eigenvalue weighted by Gasteiger charge is -2.38. The summed E-state index contributed by atoms with van der Waals surface area (Å²) in [5.41, 5.74) is 2.05. The van der Waals surface area contributed by atoms with E-state index in [2.05, 4.69) is 16.0 Å². The molecule has 0 radical (unpaired) electrons. The van der Waals surface area contributed by atoms with Crippen LogP contribution in [0.2, 0.25) is 0 Å². The lowest BCUT2D eigenvalue weighted by Crippen LogP contribution is -2.43. The number of hydrogen-bond acceptors (Lipinski definition) is 4. The van der Waals surface area contributed by atoms with Crippen LogP contribution in [0.5, 0.6) is 0 Å². The average molecular weight is 366 g/mol. The van der Waals surface area contributed by atoms with Crippen LogP contribution in [-0.2, 0) is 4.74 Å². The highest BCUT2D eigenvalue weighted by Gasteiger charge is 2.49. The van der Waals surface area contributed by atoms with Crippen molar-refractivity contribution in [1.82, 2.24) is 4.57 Å². The largest absolute Gasteiger partial charge is 0.462 e. The SMILES string of the molecule is CCOC(=O)c1cn2c3c(cccc3c1=O)NC1(CCCC1)C1CCCC12. The van der Waals surface area contributed by atoms with Crippen LogP contribution in [0.3, 0.4) is 0 Å². The van der Waals surface area contributed by atoms with E-state index in [4.69, 9.17) is 4.74 Å². The zero-order chi connectivity index (χ0) is 18.6. The molecule has 0 bridgehead atoms. The van der Waals surface area contributed by atoms with Gasteiger partial charge in [0, 0.05) is 29.1 Å². The molecule has 5 heteroatoms. The van der Waals surface area contributed by atoms with Crippen LogP contribution in [0.25, 0.3) is 10.9 Å². The maximum absolute atomic E-state index is 13.1. The molecule has 1 aromatic carbocycles. The summed E-state index contributed by atoms with van der Waals surface area (Å²) in [4.78, 5) is 25.5. The quantitative estimate of drug-likeness (QED) is 0.807. The Morgan fingerprint density at radius 2 is 2.07 bits per heavy atom. The second-order valence-corrected chi connectivity index (χ2v) is 8.29. The highest BCUT2D eigenvalue weighted by molar-refractivity contribution is 5.98. The van der Waals surface area contributed by atoms with E-state index in [-0.39, 0.29) is 23.1 Å². The Balaban J connectivity index is 1.79. The molecule has 2 unspecified atom stereocenters. The van der Waals surface area contributed by atoms with Crippen molar-refractivity contribution >= 4 is 22.6 Å². The molecule has 0 amide bonds. The zero-order valence-corrected chi connectivity index (χ0v) is 15.8. The lowest BCUT2D eigenvalue weighted by molar-refractivity contribution is 0.0524.